The van der Waals surface area contributed by atoms with E-state index in [1.54, 1.807) is 6.33 Å². The van der Waals surface area contributed by atoms with Gasteiger partial charge in [0.05, 0.1) is 5.82 Å². The number of nitrogens with one attached hydrogen (secondary N) is 1. The summed E-state index contributed by atoms with van der Waals surface area (Å²) in [7, 11) is 2.05. The number of nitrogens with zero attached hydrogens (tertiary/aromatic N) is 4. The molecule has 0 amide bonds. The summed E-state index contributed by atoms with van der Waals surface area (Å²) in [6.07, 6.45) is 3.62. The molecule has 1 saturated heterocycles. The summed E-state index contributed by atoms with van der Waals surface area (Å²) >= 11 is 0. The van der Waals surface area contributed by atoms with Crippen LogP contribution in [0.5, 0.6) is 0 Å². The average molecular weight is 436 g/mol. The highest BCUT2D eigenvalue weighted by Gasteiger charge is 2.24. The van der Waals surface area contributed by atoms with Gasteiger partial charge in [-0.25, -0.2) is 18.7 Å². The molecule has 4 rings (SSSR count). The molecule has 1 aliphatic rings. The molecule has 1 aromatic heterocycles. The van der Waals surface area contributed by atoms with Gasteiger partial charge in [-0.3, -0.25) is 0 Å². The highest BCUT2D eigenvalue weighted by Crippen LogP contribution is 2.26. The predicted molar refractivity (Wildman–Crippen MR) is 124 cm³/mol. The molecule has 7 heteroatoms. The Hall–Kier alpha value is -3.48. The smallest absolute Gasteiger partial charge is 0.132 e. The van der Waals surface area contributed by atoms with Crippen LogP contribution in [-0.2, 0) is 0 Å². The van der Waals surface area contributed by atoms with Gasteiger partial charge in [0.1, 0.15) is 23.8 Å². The van der Waals surface area contributed by atoms with Gasteiger partial charge >= 0.3 is 0 Å². The molecule has 0 atom stereocenters. The van der Waals surface area contributed by atoms with Crippen molar-refractivity contribution in [3.05, 3.63) is 84.6 Å². The van der Waals surface area contributed by atoms with Gasteiger partial charge in [0.15, 0.2) is 0 Å². The fraction of sp³-hybridized carbons (Fsp3) is 0.280. The lowest BCUT2D eigenvalue weighted by molar-refractivity contribution is 0.260. The van der Waals surface area contributed by atoms with Crippen LogP contribution in [-0.4, -0.2) is 41.0 Å². The van der Waals surface area contributed by atoms with E-state index in [0.29, 0.717) is 11.6 Å². The van der Waals surface area contributed by atoms with Gasteiger partial charge in [0, 0.05) is 49.7 Å². The summed E-state index contributed by atoms with van der Waals surface area (Å²) in [5.74, 6) is 0.621. The second kappa shape index (κ2) is 9.34. The molecule has 0 aliphatic carbocycles. The average Bonchev–Trinajstić information content (AvgIpc) is 2.78. The summed E-state index contributed by atoms with van der Waals surface area (Å²) in [5.41, 5.74) is 3.10. The number of hydrogen-bond donors (Lipinski definition) is 1. The number of aromatic nitrogens is 2. The van der Waals surface area contributed by atoms with E-state index < -0.39 is 11.6 Å². The number of piperidine rings is 1. The van der Waals surface area contributed by atoms with Gasteiger partial charge in [0.25, 0.3) is 0 Å². The van der Waals surface area contributed by atoms with Gasteiger partial charge < -0.3 is 15.1 Å². The lowest BCUT2D eigenvalue weighted by atomic mass is 10.0. The molecule has 0 bridgehead atoms. The lowest BCUT2D eigenvalue weighted by Crippen LogP contribution is -2.44. The fourth-order valence-electron chi connectivity index (χ4n) is 4.04. The van der Waals surface area contributed by atoms with Crippen molar-refractivity contribution in [2.24, 2.45) is 0 Å². The summed E-state index contributed by atoms with van der Waals surface area (Å²) in [6.45, 7) is 8.03. The minimum absolute atomic E-state index is 0.378. The molecule has 2 heterocycles. The summed E-state index contributed by atoms with van der Waals surface area (Å²) in [4.78, 5) is 13.0. The zero-order valence-electron chi connectivity index (χ0n) is 18.4. The Labute approximate surface area is 187 Å². The summed E-state index contributed by atoms with van der Waals surface area (Å²) in [5, 5.41) is 3.34. The molecule has 32 heavy (non-hydrogen) atoms. The van der Waals surface area contributed by atoms with E-state index in [4.69, 9.17) is 0 Å². The van der Waals surface area contributed by atoms with E-state index in [9.17, 15) is 8.78 Å². The SMILES string of the molecule is C=C(Nc1ccc(-c2cc(F)cc(F)c2)cc1)N(C)C1CCN(c2cc(C)ncn2)CC1. The summed E-state index contributed by atoms with van der Waals surface area (Å²) in [6, 6.07) is 13.4. The monoisotopic (exact) mass is 435 g/mol. The topological polar surface area (TPSA) is 44.3 Å². The maximum Gasteiger partial charge on any atom is 0.132 e. The van der Waals surface area contributed by atoms with Gasteiger partial charge in [-0.2, -0.15) is 0 Å². The first-order valence-electron chi connectivity index (χ1n) is 10.7. The molecule has 3 aromatic rings. The van der Waals surface area contributed by atoms with Crippen LogP contribution in [0, 0.1) is 18.6 Å². The number of rotatable bonds is 6. The van der Waals surface area contributed by atoms with Crippen LogP contribution >= 0.6 is 0 Å². The molecule has 0 radical (unpaired) electrons. The Morgan fingerprint density at radius 3 is 2.28 bits per heavy atom. The maximum atomic E-state index is 13.5. The minimum atomic E-state index is -0.585. The Bertz CT molecular complexity index is 1070. The molecule has 0 unspecified atom stereocenters. The third-order valence-corrected chi connectivity index (χ3v) is 5.92. The Balaban J connectivity index is 1.34. The lowest BCUT2D eigenvalue weighted by Gasteiger charge is -2.39. The van der Waals surface area contributed by atoms with E-state index in [0.717, 1.165) is 60.6 Å². The quantitative estimate of drug-likeness (QED) is 0.576. The molecule has 1 N–H and O–H groups in total. The summed E-state index contributed by atoms with van der Waals surface area (Å²) < 4.78 is 27.0. The van der Waals surface area contributed by atoms with Crippen LogP contribution in [0.4, 0.5) is 20.3 Å². The molecular formula is C25H27F2N5. The van der Waals surface area contributed by atoms with E-state index >= 15 is 0 Å². The molecule has 2 aromatic carbocycles. The molecule has 0 saturated carbocycles. The number of benzene rings is 2. The number of aryl methyl sites for hydroxylation is 1. The predicted octanol–water partition coefficient (Wildman–Crippen LogP) is 5.21. The Kier molecular flexibility index (Phi) is 6.35. The van der Waals surface area contributed by atoms with Crippen LogP contribution in [0.1, 0.15) is 18.5 Å². The van der Waals surface area contributed by atoms with Crippen molar-refractivity contribution in [1.29, 1.82) is 0 Å². The third kappa shape index (κ3) is 5.04. The highest BCUT2D eigenvalue weighted by atomic mass is 19.1. The molecule has 1 fully saturated rings. The molecular weight excluding hydrogens is 408 g/mol. The van der Waals surface area contributed by atoms with Crippen molar-refractivity contribution in [2.45, 2.75) is 25.8 Å². The second-order valence-corrected chi connectivity index (χ2v) is 8.15. The van der Waals surface area contributed by atoms with E-state index in [1.807, 2.05) is 44.3 Å². The number of halogens is 2. The first-order valence-corrected chi connectivity index (χ1v) is 10.7. The van der Waals surface area contributed by atoms with Crippen molar-refractivity contribution in [2.75, 3.05) is 30.4 Å². The van der Waals surface area contributed by atoms with Gasteiger partial charge in [-0.05, 0) is 55.2 Å². The van der Waals surface area contributed by atoms with Crippen molar-refractivity contribution >= 4 is 11.5 Å². The fourth-order valence-corrected chi connectivity index (χ4v) is 4.04. The largest absolute Gasteiger partial charge is 0.359 e. The number of hydrogen-bond acceptors (Lipinski definition) is 5. The normalized spacial score (nSPS) is 14.3. The third-order valence-electron chi connectivity index (χ3n) is 5.92. The Morgan fingerprint density at radius 1 is 1.00 bits per heavy atom. The van der Waals surface area contributed by atoms with Crippen LogP contribution in [0.25, 0.3) is 11.1 Å². The van der Waals surface area contributed by atoms with E-state index in [2.05, 4.69) is 31.7 Å². The minimum Gasteiger partial charge on any atom is -0.359 e. The Morgan fingerprint density at radius 2 is 1.66 bits per heavy atom. The van der Waals surface area contributed by atoms with Crippen molar-refractivity contribution in [3.8, 4) is 11.1 Å². The first-order chi connectivity index (χ1) is 15.4. The standard InChI is InChI=1S/C25H27F2N5/c1-17-12-25(29-16-28-17)32-10-8-24(9-11-32)31(3)18(2)30-23-6-4-19(5-7-23)20-13-21(26)15-22(27)14-20/h4-7,12-16,24,30H,2,8-11H2,1,3H3. The van der Waals surface area contributed by atoms with Crippen molar-refractivity contribution in [3.63, 3.8) is 0 Å². The van der Waals surface area contributed by atoms with Crippen molar-refractivity contribution in [1.82, 2.24) is 14.9 Å². The molecule has 0 spiro atoms. The van der Waals surface area contributed by atoms with Crippen LogP contribution in [0.15, 0.2) is 67.3 Å². The van der Waals surface area contributed by atoms with Crippen LogP contribution in [0.3, 0.4) is 0 Å². The first kappa shape index (κ1) is 21.7. The highest BCUT2D eigenvalue weighted by molar-refractivity contribution is 5.66. The van der Waals surface area contributed by atoms with E-state index in [1.165, 1.54) is 12.1 Å². The molecule has 5 nitrogen and oxygen atoms in total. The zero-order chi connectivity index (χ0) is 22.7. The van der Waals surface area contributed by atoms with E-state index in [-0.39, 0.29) is 0 Å². The maximum absolute atomic E-state index is 13.5. The van der Waals surface area contributed by atoms with Crippen LogP contribution in [0.2, 0.25) is 0 Å². The molecule has 1 aliphatic heterocycles. The van der Waals surface area contributed by atoms with Crippen LogP contribution < -0.4 is 10.2 Å². The molecule has 166 valence electrons. The van der Waals surface area contributed by atoms with Gasteiger partial charge in [0.2, 0.25) is 0 Å². The van der Waals surface area contributed by atoms with Gasteiger partial charge in [-0.1, -0.05) is 18.7 Å². The van der Waals surface area contributed by atoms with Crippen molar-refractivity contribution < 1.29 is 8.78 Å². The zero-order valence-corrected chi connectivity index (χ0v) is 18.4. The number of anilines is 2. The van der Waals surface area contributed by atoms with Gasteiger partial charge in [-0.15, -0.1) is 0 Å². The second-order valence-electron chi connectivity index (χ2n) is 8.15.